The van der Waals surface area contributed by atoms with Gasteiger partial charge in [0.1, 0.15) is 12.4 Å². The summed E-state index contributed by atoms with van der Waals surface area (Å²) in [7, 11) is 4.10. The SMILES string of the molecule is CN(C)CCOCCOc1ccccc1CC(C)(C)C(C)(C)C. The molecule has 0 aliphatic carbocycles. The van der Waals surface area contributed by atoms with Gasteiger partial charge in [-0.25, -0.2) is 0 Å². The van der Waals surface area contributed by atoms with E-state index < -0.39 is 0 Å². The van der Waals surface area contributed by atoms with Crippen LogP contribution in [0.3, 0.4) is 0 Å². The van der Waals surface area contributed by atoms with Gasteiger partial charge in [-0.15, -0.1) is 0 Å². The molecule has 0 saturated carbocycles. The van der Waals surface area contributed by atoms with Gasteiger partial charge in [-0.3, -0.25) is 0 Å². The number of hydrogen-bond donors (Lipinski definition) is 0. The van der Waals surface area contributed by atoms with Crippen LogP contribution in [0.4, 0.5) is 0 Å². The summed E-state index contributed by atoms with van der Waals surface area (Å²) in [5.74, 6) is 0.987. The van der Waals surface area contributed by atoms with E-state index in [4.69, 9.17) is 9.47 Å². The molecular weight excluding hydrogens is 286 g/mol. The topological polar surface area (TPSA) is 21.7 Å². The highest BCUT2D eigenvalue weighted by Crippen LogP contribution is 2.41. The molecular formula is C20H35NO2. The minimum absolute atomic E-state index is 0.203. The van der Waals surface area contributed by atoms with Crippen molar-refractivity contribution in [2.24, 2.45) is 10.8 Å². The van der Waals surface area contributed by atoms with Gasteiger partial charge in [0.15, 0.2) is 0 Å². The number of benzene rings is 1. The second kappa shape index (κ2) is 8.70. The second-order valence-corrected chi connectivity index (χ2v) is 8.18. The van der Waals surface area contributed by atoms with Crippen molar-refractivity contribution < 1.29 is 9.47 Å². The molecule has 23 heavy (non-hydrogen) atoms. The number of rotatable bonds is 9. The lowest BCUT2D eigenvalue weighted by molar-refractivity contribution is 0.0877. The fraction of sp³-hybridized carbons (Fsp3) is 0.700. The molecule has 1 rings (SSSR count). The monoisotopic (exact) mass is 321 g/mol. The van der Waals surface area contributed by atoms with Gasteiger partial charge in [0.25, 0.3) is 0 Å². The molecule has 0 saturated heterocycles. The summed E-state index contributed by atoms with van der Waals surface area (Å²) in [4.78, 5) is 2.12. The van der Waals surface area contributed by atoms with Gasteiger partial charge in [-0.05, 0) is 43.0 Å². The number of hydrogen-bond acceptors (Lipinski definition) is 3. The maximum atomic E-state index is 5.96. The molecule has 0 heterocycles. The van der Waals surface area contributed by atoms with Crippen molar-refractivity contribution in [1.29, 1.82) is 0 Å². The average molecular weight is 322 g/mol. The number of para-hydroxylation sites is 1. The van der Waals surface area contributed by atoms with Crippen molar-refractivity contribution in [2.45, 2.75) is 41.0 Å². The zero-order valence-electron chi connectivity index (χ0n) is 16.1. The molecule has 0 spiro atoms. The highest BCUT2D eigenvalue weighted by molar-refractivity contribution is 5.34. The fourth-order valence-electron chi connectivity index (χ4n) is 2.09. The van der Waals surface area contributed by atoms with E-state index in [0.717, 1.165) is 25.3 Å². The quantitative estimate of drug-likeness (QED) is 0.634. The van der Waals surface area contributed by atoms with E-state index in [1.165, 1.54) is 5.56 Å². The molecule has 0 aromatic heterocycles. The molecule has 0 fully saturated rings. The Balaban J connectivity index is 2.54. The van der Waals surface area contributed by atoms with Gasteiger partial charge >= 0.3 is 0 Å². The smallest absolute Gasteiger partial charge is 0.122 e. The van der Waals surface area contributed by atoms with Gasteiger partial charge in [0.05, 0.1) is 13.2 Å². The summed E-state index contributed by atoms with van der Waals surface area (Å²) in [5, 5.41) is 0. The van der Waals surface area contributed by atoms with Crippen molar-refractivity contribution >= 4 is 0 Å². The van der Waals surface area contributed by atoms with Crippen LogP contribution < -0.4 is 4.74 Å². The van der Waals surface area contributed by atoms with E-state index in [1.54, 1.807) is 0 Å². The summed E-state index contributed by atoms with van der Waals surface area (Å²) in [5.41, 5.74) is 1.73. The van der Waals surface area contributed by atoms with E-state index in [2.05, 4.69) is 57.7 Å². The van der Waals surface area contributed by atoms with Gasteiger partial charge in [0, 0.05) is 6.54 Å². The summed E-state index contributed by atoms with van der Waals surface area (Å²) in [6.07, 6.45) is 1.01. The molecule has 0 N–H and O–H groups in total. The van der Waals surface area contributed by atoms with Crippen LogP contribution in [0.15, 0.2) is 24.3 Å². The Morgan fingerprint density at radius 2 is 1.57 bits per heavy atom. The molecule has 0 atom stereocenters. The lowest BCUT2D eigenvalue weighted by Gasteiger charge is -2.39. The van der Waals surface area contributed by atoms with Crippen molar-refractivity contribution in [3.63, 3.8) is 0 Å². The molecule has 0 aliphatic rings. The Labute approximate surface area is 143 Å². The highest BCUT2D eigenvalue weighted by atomic mass is 16.5. The van der Waals surface area contributed by atoms with E-state index >= 15 is 0 Å². The standard InChI is InChI=1S/C20H35NO2/c1-19(2,3)20(4,5)16-17-10-8-9-11-18(17)23-15-14-22-13-12-21(6)7/h8-11H,12-16H2,1-7H3. The van der Waals surface area contributed by atoms with Crippen molar-refractivity contribution in [2.75, 3.05) is 40.5 Å². The Bertz CT molecular complexity index is 461. The first-order valence-electron chi connectivity index (χ1n) is 8.57. The van der Waals surface area contributed by atoms with Crippen molar-refractivity contribution in [3.8, 4) is 5.75 Å². The molecule has 1 aromatic carbocycles. The highest BCUT2D eigenvalue weighted by Gasteiger charge is 2.33. The molecule has 0 radical (unpaired) electrons. The number of nitrogens with zero attached hydrogens (tertiary/aromatic N) is 1. The van der Waals surface area contributed by atoms with Crippen LogP contribution >= 0.6 is 0 Å². The lowest BCUT2D eigenvalue weighted by atomic mass is 9.66. The molecule has 0 amide bonds. The molecule has 1 aromatic rings. The van der Waals surface area contributed by atoms with Crippen LogP contribution in [0.25, 0.3) is 0 Å². The molecule has 132 valence electrons. The van der Waals surface area contributed by atoms with Crippen molar-refractivity contribution in [3.05, 3.63) is 29.8 Å². The summed E-state index contributed by atoms with van der Waals surface area (Å²) < 4.78 is 11.6. The minimum atomic E-state index is 0.203. The van der Waals surface area contributed by atoms with Crippen LogP contribution in [-0.2, 0) is 11.2 Å². The third-order valence-electron chi connectivity index (χ3n) is 4.80. The van der Waals surface area contributed by atoms with E-state index in [-0.39, 0.29) is 10.8 Å². The number of ether oxygens (including phenoxy) is 2. The Kier molecular flexibility index (Phi) is 7.56. The normalized spacial score (nSPS) is 12.7. The van der Waals surface area contributed by atoms with Crippen LogP contribution in [0.5, 0.6) is 5.75 Å². The largest absolute Gasteiger partial charge is 0.491 e. The Morgan fingerprint density at radius 3 is 2.17 bits per heavy atom. The molecule has 0 aliphatic heterocycles. The fourth-order valence-corrected chi connectivity index (χ4v) is 2.09. The summed E-state index contributed by atoms with van der Waals surface area (Å²) >= 11 is 0. The maximum Gasteiger partial charge on any atom is 0.122 e. The first-order chi connectivity index (χ1) is 10.6. The Morgan fingerprint density at radius 1 is 0.913 bits per heavy atom. The summed E-state index contributed by atoms with van der Waals surface area (Å²) in [6, 6.07) is 8.37. The Hall–Kier alpha value is -1.06. The van der Waals surface area contributed by atoms with Gasteiger partial charge in [-0.1, -0.05) is 52.8 Å². The molecule has 0 unspecified atom stereocenters. The number of likely N-dealkylation sites (N-methyl/N-ethyl adjacent to an activating group) is 1. The van der Waals surface area contributed by atoms with Gasteiger partial charge < -0.3 is 14.4 Å². The van der Waals surface area contributed by atoms with Gasteiger partial charge in [-0.2, -0.15) is 0 Å². The predicted octanol–water partition coefficient (Wildman–Crippen LogP) is 4.26. The maximum absolute atomic E-state index is 5.96. The van der Waals surface area contributed by atoms with Crippen LogP contribution in [-0.4, -0.2) is 45.4 Å². The minimum Gasteiger partial charge on any atom is -0.491 e. The third-order valence-corrected chi connectivity index (χ3v) is 4.80. The van der Waals surface area contributed by atoms with Gasteiger partial charge in [0.2, 0.25) is 0 Å². The predicted molar refractivity (Wildman–Crippen MR) is 98.3 cm³/mol. The first kappa shape index (κ1) is 20.0. The summed E-state index contributed by atoms with van der Waals surface area (Å²) in [6.45, 7) is 14.5. The van der Waals surface area contributed by atoms with E-state index in [0.29, 0.717) is 13.2 Å². The van der Waals surface area contributed by atoms with Crippen LogP contribution in [0, 0.1) is 10.8 Å². The third kappa shape index (κ3) is 6.92. The van der Waals surface area contributed by atoms with Crippen LogP contribution in [0.2, 0.25) is 0 Å². The molecule has 0 bridgehead atoms. The lowest BCUT2D eigenvalue weighted by Crippen LogP contribution is -2.31. The zero-order valence-corrected chi connectivity index (χ0v) is 16.1. The van der Waals surface area contributed by atoms with Crippen LogP contribution in [0.1, 0.15) is 40.2 Å². The first-order valence-corrected chi connectivity index (χ1v) is 8.57. The molecule has 3 heteroatoms. The zero-order chi connectivity index (χ0) is 17.5. The average Bonchev–Trinajstić information content (AvgIpc) is 2.42. The van der Waals surface area contributed by atoms with E-state index in [1.807, 2.05) is 20.2 Å². The molecule has 3 nitrogen and oxygen atoms in total. The second-order valence-electron chi connectivity index (χ2n) is 8.18. The van der Waals surface area contributed by atoms with E-state index in [9.17, 15) is 0 Å². The van der Waals surface area contributed by atoms with Crippen molar-refractivity contribution in [1.82, 2.24) is 4.90 Å².